The fourth-order valence-corrected chi connectivity index (χ4v) is 4.83. The number of likely N-dealkylation sites (tertiary alicyclic amines) is 1. The van der Waals surface area contributed by atoms with Crippen LogP contribution in [0.4, 0.5) is 5.69 Å². The Hall–Kier alpha value is -1.22. The molecular formula is C17H25N3O3S2. The van der Waals surface area contributed by atoms with Crippen LogP contribution in [0.2, 0.25) is 0 Å². The van der Waals surface area contributed by atoms with Gasteiger partial charge in [-0.1, -0.05) is 12.8 Å². The number of morpholine rings is 1. The van der Waals surface area contributed by atoms with Crippen molar-refractivity contribution in [1.29, 1.82) is 0 Å². The average Bonchev–Trinajstić information content (AvgIpc) is 2.92. The molecule has 0 bridgehead atoms. The van der Waals surface area contributed by atoms with Crippen molar-refractivity contribution < 1.29 is 13.2 Å². The monoisotopic (exact) mass is 383 g/mol. The largest absolute Gasteiger partial charge is 0.379 e. The van der Waals surface area contributed by atoms with Crippen LogP contribution < -0.4 is 5.32 Å². The van der Waals surface area contributed by atoms with Crippen molar-refractivity contribution in [3.8, 4) is 0 Å². The number of ether oxygens (including phenoxy) is 1. The predicted molar refractivity (Wildman–Crippen MR) is 102 cm³/mol. The number of sulfonamides is 1. The molecule has 0 atom stereocenters. The molecule has 1 N–H and O–H groups in total. The summed E-state index contributed by atoms with van der Waals surface area (Å²) in [6.07, 6.45) is 4.84. The van der Waals surface area contributed by atoms with E-state index in [1.807, 2.05) is 0 Å². The molecule has 0 radical (unpaired) electrons. The van der Waals surface area contributed by atoms with E-state index in [1.165, 1.54) is 30.0 Å². The van der Waals surface area contributed by atoms with E-state index in [9.17, 15) is 8.42 Å². The van der Waals surface area contributed by atoms with Crippen molar-refractivity contribution in [2.45, 2.75) is 30.6 Å². The molecule has 6 nitrogen and oxygen atoms in total. The molecule has 2 aliphatic rings. The number of benzene rings is 1. The van der Waals surface area contributed by atoms with Gasteiger partial charge in [0.1, 0.15) is 0 Å². The minimum absolute atomic E-state index is 0.306. The minimum Gasteiger partial charge on any atom is -0.379 e. The Morgan fingerprint density at radius 1 is 0.960 bits per heavy atom. The number of rotatable bonds is 3. The summed E-state index contributed by atoms with van der Waals surface area (Å²) in [7, 11) is -3.45. The van der Waals surface area contributed by atoms with Crippen LogP contribution >= 0.6 is 12.2 Å². The number of thiocarbonyl (C=S) groups is 1. The smallest absolute Gasteiger partial charge is 0.243 e. The first-order chi connectivity index (χ1) is 12.1. The highest BCUT2D eigenvalue weighted by atomic mass is 32.2. The number of hydrogen-bond donors (Lipinski definition) is 1. The van der Waals surface area contributed by atoms with Crippen LogP contribution in [-0.2, 0) is 14.8 Å². The SMILES string of the molecule is O=S(=O)(c1ccc(NC(=S)N2CCCCCC2)cc1)N1CCOCC1. The summed E-state index contributed by atoms with van der Waals surface area (Å²) in [5.41, 5.74) is 0.815. The first-order valence-corrected chi connectivity index (χ1v) is 10.7. The molecule has 25 heavy (non-hydrogen) atoms. The third-order valence-electron chi connectivity index (χ3n) is 4.61. The van der Waals surface area contributed by atoms with Gasteiger partial charge in [-0.2, -0.15) is 4.31 Å². The van der Waals surface area contributed by atoms with Crippen LogP contribution in [0.25, 0.3) is 0 Å². The third kappa shape index (κ3) is 4.69. The van der Waals surface area contributed by atoms with Gasteiger partial charge in [0.05, 0.1) is 18.1 Å². The molecule has 0 aliphatic carbocycles. The van der Waals surface area contributed by atoms with Crippen LogP contribution in [0.1, 0.15) is 25.7 Å². The quantitative estimate of drug-likeness (QED) is 0.808. The second-order valence-corrected chi connectivity index (χ2v) is 8.70. The molecule has 0 amide bonds. The molecule has 0 aromatic heterocycles. The second-order valence-electron chi connectivity index (χ2n) is 6.37. The zero-order valence-corrected chi connectivity index (χ0v) is 15.9. The summed E-state index contributed by atoms with van der Waals surface area (Å²) < 4.78 is 31.9. The Balaban J connectivity index is 1.64. The molecule has 3 rings (SSSR count). The topological polar surface area (TPSA) is 61.9 Å². The Kier molecular flexibility index (Phi) is 6.27. The summed E-state index contributed by atoms with van der Waals surface area (Å²) in [6.45, 7) is 3.67. The van der Waals surface area contributed by atoms with E-state index >= 15 is 0 Å². The van der Waals surface area contributed by atoms with Gasteiger partial charge in [-0.25, -0.2) is 8.42 Å². The van der Waals surface area contributed by atoms with Gasteiger partial charge in [-0.15, -0.1) is 0 Å². The molecule has 2 heterocycles. The van der Waals surface area contributed by atoms with E-state index in [2.05, 4.69) is 10.2 Å². The Bertz CT molecular complexity index is 678. The molecule has 0 unspecified atom stereocenters. The molecule has 8 heteroatoms. The lowest BCUT2D eigenvalue weighted by Gasteiger charge is -2.26. The van der Waals surface area contributed by atoms with Crippen molar-refractivity contribution in [1.82, 2.24) is 9.21 Å². The van der Waals surface area contributed by atoms with E-state index in [4.69, 9.17) is 17.0 Å². The van der Waals surface area contributed by atoms with Gasteiger partial charge in [-0.3, -0.25) is 0 Å². The van der Waals surface area contributed by atoms with Gasteiger partial charge >= 0.3 is 0 Å². The first kappa shape index (κ1) is 18.6. The maximum absolute atomic E-state index is 12.6. The molecule has 138 valence electrons. The number of anilines is 1. The highest BCUT2D eigenvalue weighted by Gasteiger charge is 2.26. The van der Waals surface area contributed by atoms with E-state index in [-0.39, 0.29) is 0 Å². The Labute approximate surface area is 155 Å². The van der Waals surface area contributed by atoms with Crippen LogP contribution in [-0.4, -0.2) is 62.1 Å². The maximum Gasteiger partial charge on any atom is 0.243 e. The molecule has 2 aliphatic heterocycles. The number of hydrogen-bond acceptors (Lipinski definition) is 4. The van der Waals surface area contributed by atoms with Crippen molar-refractivity contribution in [2.75, 3.05) is 44.7 Å². The lowest BCUT2D eigenvalue weighted by Crippen LogP contribution is -2.40. The molecule has 0 saturated carbocycles. The molecule has 0 spiro atoms. The van der Waals surface area contributed by atoms with Crippen LogP contribution in [0, 0.1) is 0 Å². The average molecular weight is 384 g/mol. The Morgan fingerprint density at radius 3 is 2.16 bits per heavy atom. The lowest BCUT2D eigenvalue weighted by atomic mass is 10.2. The predicted octanol–water partition coefficient (Wildman–Crippen LogP) is 2.28. The van der Waals surface area contributed by atoms with Gasteiger partial charge in [0.25, 0.3) is 0 Å². The van der Waals surface area contributed by atoms with E-state index in [0.29, 0.717) is 36.3 Å². The summed E-state index contributed by atoms with van der Waals surface area (Å²) in [5, 5.41) is 3.94. The second kappa shape index (κ2) is 8.44. The van der Waals surface area contributed by atoms with E-state index in [0.717, 1.165) is 18.8 Å². The van der Waals surface area contributed by atoms with E-state index in [1.54, 1.807) is 24.3 Å². The highest BCUT2D eigenvalue weighted by molar-refractivity contribution is 7.89. The highest BCUT2D eigenvalue weighted by Crippen LogP contribution is 2.20. The molecule has 2 saturated heterocycles. The van der Waals surface area contributed by atoms with Crippen LogP contribution in [0.15, 0.2) is 29.2 Å². The fraction of sp³-hybridized carbons (Fsp3) is 0.588. The molecule has 2 fully saturated rings. The molecule has 1 aromatic rings. The van der Waals surface area contributed by atoms with Crippen LogP contribution in [0.3, 0.4) is 0 Å². The number of nitrogens with zero attached hydrogens (tertiary/aromatic N) is 2. The van der Waals surface area contributed by atoms with Gasteiger partial charge in [0.15, 0.2) is 5.11 Å². The summed E-state index contributed by atoms with van der Waals surface area (Å²) >= 11 is 5.50. The van der Waals surface area contributed by atoms with Gasteiger partial charge < -0.3 is 15.0 Å². The summed E-state index contributed by atoms with van der Waals surface area (Å²) in [5.74, 6) is 0. The van der Waals surface area contributed by atoms with Crippen molar-refractivity contribution in [3.05, 3.63) is 24.3 Å². The van der Waals surface area contributed by atoms with Crippen molar-refractivity contribution >= 4 is 33.0 Å². The maximum atomic E-state index is 12.6. The van der Waals surface area contributed by atoms with Gasteiger partial charge in [-0.05, 0) is 49.3 Å². The standard InChI is InChI=1S/C17H25N3O3S2/c21-25(22,20-11-13-23-14-12-20)16-7-5-15(6-8-16)18-17(24)19-9-3-1-2-4-10-19/h5-8H,1-4,9-14H2,(H,18,24). The minimum atomic E-state index is -3.45. The van der Waals surface area contributed by atoms with Gasteiger partial charge in [0, 0.05) is 31.9 Å². The van der Waals surface area contributed by atoms with Crippen molar-refractivity contribution in [2.24, 2.45) is 0 Å². The van der Waals surface area contributed by atoms with Crippen LogP contribution in [0.5, 0.6) is 0 Å². The normalized spacial score (nSPS) is 20.1. The summed E-state index contributed by atoms with van der Waals surface area (Å²) in [4.78, 5) is 2.50. The third-order valence-corrected chi connectivity index (χ3v) is 6.88. The zero-order chi connectivity index (χ0) is 17.7. The lowest BCUT2D eigenvalue weighted by molar-refractivity contribution is 0.0730. The number of nitrogens with one attached hydrogen (secondary N) is 1. The van der Waals surface area contributed by atoms with E-state index < -0.39 is 10.0 Å². The fourth-order valence-electron chi connectivity index (χ4n) is 3.12. The Morgan fingerprint density at radius 2 is 1.56 bits per heavy atom. The van der Waals surface area contributed by atoms with Gasteiger partial charge in [0.2, 0.25) is 10.0 Å². The zero-order valence-electron chi connectivity index (χ0n) is 14.3. The first-order valence-electron chi connectivity index (χ1n) is 8.81. The molecule has 1 aromatic carbocycles. The van der Waals surface area contributed by atoms with Crippen molar-refractivity contribution in [3.63, 3.8) is 0 Å². The molecular weight excluding hydrogens is 358 g/mol. The summed E-state index contributed by atoms with van der Waals surface area (Å²) in [6, 6.07) is 6.82.